The number of hydrogen-bond acceptors (Lipinski definition) is 4. The molecule has 2 heterocycles. The number of nitrogens with zero attached hydrogens (tertiary/aromatic N) is 3. The molecule has 18 heavy (non-hydrogen) atoms. The number of hydrogen-bond donors (Lipinski definition) is 2. The molecule has 0 amide bonds. The number of anilines is 1. The van der Waals surface area contributed by atoms with Crippen molar-refractivity contribution >= 4 is 28.5 Å². The first kappa shape index (κ1) is 11.0. The Hall–Kier alpha value is -2.14. The minimum atomic E-state index is 0.197. The van der Waals surface area contributed by atoms with Crippen LogP contribution in [0.1, 0.15) is 5.56 Å². The second-order valence-electron chi connectivity index (χ2n) is 3.81. The van der Waals surface area contributed by atoms with Crippen LogP contribution in [0.4, 0.5) is 5.82 Å². The molecule has 5 nitrogen and oxygen atoms in total. The number of nitrogens with one attached hydrogen (secondary N) is 2. The van der Waals surface area contributed by atoms with Crippen molar-refractivity contribution < 1.29 is 0 Å². The van der Waals surface area contributed by atoms with Crippen LogP contribution in [0.25, 0.3) is 11.0 Å². The van der Waals surface area contributed by atoms with Crippen LogP contribution in [0.3, 0.4) is 0 Å². The molecule has 90 valence electrons. The highest BCUT2D eigenvalue weighted by Crippen LogP contribution is 2.20. The summed E-state index contributed by atoms with van der Waals surface area (Å²) in [7, 11) is 0. The van der Waals surface area contributed by atoms with Crippen LogP contribution in [0.15, 0.2) is 36.5 Å². The number of benzene rings is 1. The van der Waals surface area contributed by atoms with E-state index < -0.39 is 0 Å². The van der Waals surface area contributed by atoms with Crippen LogP contribution in [0.5, 0.6) is 0 Å². The molecular formula is C12H10ClN5. The highest BCUT2D eigenvalue weighted by atomic mass is 35.5. The quantitative estimate of drug-likeness (QED) is 0.710. The maximum absolute atomic E-state index is 5.85. The molecule has 0 saturated heterocycles. The molecule has 0 aliphatic heterocycles. The van der Waals surface area contributed by atoms with Gasteiger partial charge in [0, 0.05) is 6.54 Å². The van der Waals surface area contributed by atoms with E-state index in [1.165, 1.54) is 5.56 Å². The lowest BCUT2D eigenvalue weighted by molar-refractivity contribution is 1.08. The normalized spacial score (nSPS) is 10.7. The molecule has 0 atom stereocenters. The molecule has 0 fully saturated rings. The van der Waals surface area contributed by atoms with E-state index in [-0.39, 0.29) is 5.28 Å². The van der Waals surface area contributed by atoms with Crippen molar-refractivity contribution in [2.24, 2.45) is 0 Å². The lowest BCUT2D eigenvalue weighted by atomic mass is 10.2. The monoisotopic (exact) mass is 259 g/mol. The minimum Gasteiger partial charge on any atom is -0.365 e. The molecule has 1 aromatic carbocycles. The Labute approximate surface area is 108 Å². The zero-order chi connectivity index (χ0) is 12.4. The summed E-state index contributed by atoms with van der Waals surface area (Å²) in [6.45, 7) is 0.675. The van der Waals surface area contributed by atoms with Gasteiger partial charge in [-0.15, -0.1) is 0 Å². The number of aromatic nitrogens is 4. The Morgan fingerprint density at radius 3 is 2.83 bits per heavy atom. The van der Waals surface area contributed by atoms with Gasteiger partial charge in [-0.2, -0.15) is 15.1 Å². The van der Waals surface area contributed by atoms with Crippen molar-refractivity contribution in [2.45, 2.75) is 6.54 Å². The SMILES string of the molecule is Clc1nc(NCc2ccccc2)c2cn[nH]c2n1. The lowest BCUT2D eigenvalue weighted by Gasteiger charge is -2.06. The van der Waals surface area contributed by atoms with Gasteiger partial charge in [-0.1, -0.05) is 30.3 Å². The van der Waals surface area contributed by atoms with E-state index >= 15 is 0 Å². The van der Waals surface area contributed by atoms with Crippen LogP contribution in [-0.2, 0) is 6.54 Å². The van der Waals surface area contributed by atoms with Gasteiger partial charge in [0.25, 0.3) is 0 Å². The molecule has 3 rings (SSSR count). The van der Waals surface area contributed by atoms with Gasteiger partial charge >= 0.3 is 0 Å². The molecule has 0 radical (unpaired) electrons. The van der Waals surface area contributed by atoms with Crippen molar-refractivity contribution in [3.8, 4) is 0 Å². The molecule has 0 bridgehead atoms. The summed E-state index contributed by atoms with van der Waals surface area (Å²) in [6.07, 6.45) is 1.68. The molecule has 0 aliphatic carbocycles. The third-order valence-corrected chi connectivity index (χ3v) is 2.75. The van der Waals surface area contributed by atoms with Crippen LogP contribution < -0.4 is 5.32 Å². The third kappa shape index (κ3) is 2.12. The Morgan fingerprint density at radius 2 is 2.00 bits per heavy atom. The fourth-order valence-corrected chi connectivity index (χ4v) is 1.89. The number of halogens is 1. The highest BCUT2D eigenvalue weighted by molar-refractivity contribution is 6.28. The van der Waals surface area contributed by atoms with Crippen LogP contribution >= 0.6 is 11.6 Å². The first-order chi connectivity index (χ1) is 8.83. The predicted molar refractivity (Wildman–Crippen MR) is 70.5 cm³/mol. The lowest BCUT2D eigenvalue weighted by Crippen LogP contribution is -2.02. The van der Waals surface area contributed by atoms with E-state index in [2.05, 4.69) is 25.5 Å². The van der Waals surface area contributed by atoms with Gasteiger partial charge in [-0.25, -0.2) is 0 Å². The molecule has 3 aromatic rings. The van der Waals surface area contributed by atoms with Gasteiger partial charge in [-0.3, -0.25) is 5.10 Å². The average molecular weight is 260 g/mol. The van der Waals surface area contributed by atoms with Gasteiger partial charge in [0.05, 0.1) is 11.6 Å². The molecule has 0 saturated carbocycles. The molecule has 0 spiro atoms. The zero-order valence-corrected chi connectivity index (χ0v) is 10.1. The smallest absolute Gasteiger partial charge is 0.226 e. The summed E-state index contributed by atoms with van der Waals surface area (Å²) in [6, 6.07) is 10.1. The topological polar surface area (TPSA) is 66.5 Å². The van der Waals surface area contributed by atoms with Gasteiger partial charge < -0.3 is 5.32 Å². The Morgan fingerprint density at radius 1 is 1.17 bits per heavy atom. The number of rotatable bonds is 3. The van der Waals surface area contributed by atoms with Gasteiger partial charge in [-0.05, 0) is 17.2 Å². The van der Waals surface area contributed by atoms with Crippen molar-refractivity contribution in [1.82, 2.24) is 20.2 Å². The number of aromatic amines is 1. The summed E-state index contributed by atoms with van der Waals surface area (Å²) in [5.74, 6) is 0.683. The highest BCUT2D eigenvalue weighted by Gasteiger charge is 2.07. The van der Waals surface area contributed by atoms with E-state index in [1.54, 1.807) is 6.20 Å². The second kappa shape index (κ2) is 4.62. The predicted octanol–water partition coefficient (Wildman–Crippen LogP) is 2.62. The van der Waals surface area contributed by atoms with E-state index in [1.807, 2.05) is 30.3 Å². The Balaban J connectivity index is 1.88. The fraction of sp³-hybridized carbons (Fsp3) is 0.0833. The molecule has 2 aromatic heterocycles. The zero-order valence-electron chi connectivity index (χ0n) is 9.39. The molecule has 2 N–H and O–H groups in total. The van der Waals surface area contributed by atoms with E-state index in [4.69, 9.17) is 11.6 Å². The molecule has 0 aliphatic rings. The van der Waals surface area contributed by atoms with Crippen molar-refractivity contribution in [3.05, 3.63) is 47.4 Å². The summed E-state index contributed by atoms with van der Waals surface area (Å²) >= 11 is 5.85. The van der Waals surface area contributed by atoms with Crippen molar-refractivity contribution in [2.75, 3.05) is 5.32 Å². The van der Waals surface area contributed by atoms with Crippen LogP contribution in [0.2, 0.25) is 5.28 Å². The molecule has 6 heteroatoms. The standard InChI is InChI=1S/C12H10ClN5/c13-12-16-10(9-7-15-18-11(9)17-12)14-6-8-4-2-1-3-5-8/h1-5,7H,6H2,(H2,14,15,16,17,18). The Kier molecular flexibility index (Phi) is 2.82. The molecule has 0 unspecified atom stereocenters. The van der Waals surface area contributed by atoms with E-state index in [9.17, 15) is 0 Å². The second-order valence-corrected chi connectivity index (χ2v) is 4.15. The average Bonchev–Trinajstić information content (AvgIpc) is 2.85. The van der Waals surface area contributed by atoms with Gasteiger partial charge in [0.1, 0.15) is 5.82 Å². The molecular weight excluding hydrogens is 250 g/mol. The maximum atomic E-state index is 5.85. The first-order valence-electron chi connectivity index (χ1n) is 5.47. The van der Waals surface area contributed by atoms with Crippen LogP contribution in [-0.4, -0.2) is 20.2 Å². The summed E-state index contributed by atoms with van der Waals surface area (Å²) in [5, 5.41) is 11.0. The largest absolute Gasteiger partial charge is 0.365 e. The Bertz CT molecular complexity index is 665. The minimum absolute atomic E-state index is 0.197. The van der Waals surface area contributed by atoms with E-state index in [0.717, 1.165) is 5.39 Å². The third-order valence-electron chi connectivity index (χ3n) is 2.59. The maximum Gasteiger partial charge on any atom is 0.226 e. The number of fused-ring (bicyclic) bond motifs is 1. The van der Waals surface area contributed by atoms with Crippen molar-refractivity contribution in [1.29, 1.82) is 0 Å². The van der Waals surface area contributed by atoms with Crippen molar-refractivity contribution in [3.63, 3.8) is 0 Å². The summed E-state index contributed by atoms with van der Waals surface area (Å²) in [5.41, 5.74) is 1.80. The van der Waals surface area contributed by atoms with Gasteiger partial charge in [0.2, 0.25) is 5.28 Å². The number of H-pyrrole nitrogens is 1. The van der Waals surface area contributed by atoms with Gasteiger partial charge in [0.15, 0.2) is 5.65 Å². The summed E-state index contributed by atoms with van der Waals surface area (Å²) in [4.78, 5) is 8.22. The fourth-order valence-electron chi connectivity index (χ4n) is 1.72. The van der Waals surface area contributed by atoms with E-state index in [0.29, 0.717) is 18.0 Å². The summed E-state index contributed by atoms with van der Waals surface area (Å²) < 4.78 is 0. The first-order valence-corrected chi connectivity index (χ1v) is 5.85. The van der Waals surface area contributed by atoms with Crippen LogP contribution in [0, 0.1) is 0 Å².